The summed E-state index contributed by atoms with van der Waals surface area (Å²) in [6.07, 6.45) is 2.25. The van der Waals surface area contributed by atoms with Crippen LogP contribution in [0, 0.1) is 0 Å². The highest BCUT2D eigenvalue weighted by atomic mass is 32.1. The Hall–Kier alpha value is -0.430. The van der Waals surface area contributed by atoms with Crippen molar-refractivity contribution in [2.45, 2.75) is 51.2 Å². The molecule has 1 rings (SSSR count). The Balaban J connectivity index is 2.90. The first kappa shape index (κ1) is 12.6. The van der Waals surface area contributed by atoms with E-state index in [2.05, 4.69) is 64.6 Å². The number of hydrogen-bond acceptors (Lipinski definition) is 1. The van der Waals surface area contributed by atoms with Crippen LogP contribution in [0.4, 0.5) is 0 Å². The van der Waals surface area contributed by atoms with Gasteiger partial charge in [0.05, 0.1) is 0 Å². The lowest BCUT2D eigenvalue weighted by Gasteiger charge is -2.22. The maximum atomic E-state index is 4.69. The van der Waals surface area contributed by atoms with Crippen molar-refractivity contribution in [2.75, 3.05) is 0 Å². The summed E-state index contributed by atoms with van der Waals surface area (Å²) in [4.78, 5) is 0. The molecule has 0 fully saturated rings. The molecule has 0 spiro atoms. The summed E-state index contributed by atoms with van der Waals surface area (Å²) in [6.45, 7) is 8.85. The maximum Gasteiger partial charge on any atom is 0.0347 e. The first-order valence-corrected chi connectivity index (χ1v) is 6.28. The molecule has 0 saturated carbocycles. The van der Waals surface area contributed by atoms with Gasteiger partial charge in [0.1, 0.15) is 0 Å². The highest BCUT2D eigenvalue weighted by Crippen LogP contribution is 2.32. The molecule has 0 aromatic heterocycles. The van der Waals surface area contributed by atoms with Gasteiger partial charge in [0, 0.05) is 4.75 Å². The summed E-state index contributed by atoms with van der Waals surface area (Å²) < 4.78 is 0.00792. The number of rotatable bonds is 4. The molecular formula is C14H22S. The normalized spacial score (nSPS) is 17.1. The molecule has 0 amide bonds. The third-order valence-corrected chi connectivity index (χ3v) is 3.98. The van der Waals surface area contributed by atoms with Crippen LogP contribution in [0.2, 0.25) is 0 Å². The van der Waals surface area contributed by atoms with Crippen LogP contribution in [0.25, 0.3) is 0 Å². The molecule has 0 aliphatic rings. The van der Waals surface area contributed by atoms with E-state index in [4.69, 9.17) is 0 Å². The Morgan fingerprint density at radius 1 is 1.20 bits per heavy atom. The van der Waals surface area contributed by atoms with E-state index in [1.54, 1.807) is 0 Å². The van der Waals surface area contributed by atoms with E-state index in [-0.39, 0.29) is 4.75 Å². The van der Waals surface area contributed by atoms with Crippen molar-refractivity contribution in [1.82, 2.24) is 0 Å². The van der Waals surface area contributed by atoms with Gasteiger partial charge in [-0.2, -0.15) is 12.6 Å². The molecule has 2 atom stereocenters. The molecule has 0 heterocycles. The highest BCUT2D eigenvalue weighted by Gasteiger charge is 2.18. The summed E-state index contributed by atoms with van der Waals surface area (Å²) in [6, 6.07) is 8.93. The number of thiol groups is 1. The number of benzene rings is 1. The van der Waals surface area contributed by atoms with Crippen LogP contribution < -0.4 is 0 Å². The monoisotopic (exact) mass is 222 g/mol. The van der Waals surface area contributed by atoms with Crippen molar-refractivity contribution in [3.63, 3.8) is 0 Å². The zero-order valence-corrected chi connectivity index (χ0v) is 11.1. The Kier molecular flexibility index (Phi) is 4.27. The Labute approximate surface area is 99.5 Å². The Morgan fingerprint density at radius 3 is 2.13 bits per heavy atom. The van der Waals surface area contributed by atoms with E-state index in [9.17, 15) is 0 Å². The molecule has 1 unspecified atom stereocenters. The minimum Gasteiger partial charge on any atom is -0.168 e. The van der Waals surface area contributed by atoms with Gasteiger partial charge in [-0.3, -0.25) is 0 Å². The second-order valence-electron chi connectivity index (χ2n) is 4.56. The molecule has 1 aromatic carbocycles. The minimum absolute atomic E-state index is 0.00792. The lowest BCUT2D eigenvalue weighted by molar-refractivity contribution is 0.668. The molecule has 1 aromatic rings. The van der Waals surface area contributed by atoms with Crippen LogP contribution in [-0.2, 0) is 4.75 Å². The first-order chi connectivity index (χ1) is 7.01. The third-order valence-electron chi connectivity index (χ3n) is 3.40. The molecule has 0 N–H and O–H groups in total. The Morgan fingerprint density at radius 2 is 1.73 bits per heavy atom. The fraction of sp³-hybridized carbons (Fsp3) is 0.571. The van der Waals surface area contributed by atoms with Gasteiger partial charge in [-0.15, -0.1) is 0 Å². The molecular weight excluding hydrogens is 200 g/mol. The minimum atomic E-state index is 0.00792. The van der Waals surface area contributed by atoms with E-state index in [0.717, 1.165) is 6.42 Å². The molecule has 84 valence electrons. The zero-order valence-electron chi connectivity index (χ0n) is 10.2. The van der Waals surface area contributed by atoms with Crippen molar-refractivity contribution in [2.24, 2.45) is 0 Å². The van der Waals surface area contributed by atoms with Gasteiger partial charge in [0.25, 0.3) is 0 Å². The fourth-order valence-electron chi connectivity index (χ4n) is 1.61. The van der Waals surface area contributed by atoms with Gasteiger partial charge in [-0.25, -0.2) is 0 Å². The summed E-state index contributed by atoms with van der Waals surface area (Å²) in [5.41, 5.74) is 2.75. The van der Waals surface area contributed by atoms with Crippen LogP contribution in [0.3, 0.4) is 0 Å². The van der Waals surface area contributed by atoms with Crippen molar-refractivity contribution in [1.29, 1.82) is 0 Å². The van der Waals surface area contributed by atoms with Gasteiger partial charge in [-0.05, 0) is 36.8 Å². The molecule has 0 aliphatic heterocycles. The van der Waals surface area contributed by atoms with Gasteiger partial charge >= 0.3 is 0 Å². The van der Waals surface area contributed by atoms with Gasteiger partial charge < -0.3 is 0 Å². The second kappa shape index (κ2) is 5.07. The van der Waals surface area contributed by atoms with E-state index < -0.39 is 0 Å². The molecule has 0 radical (unpaired) electrons. The molecule has 0 nitrogen and oxygen atoms in total. The third kappa shape index (κ3) is 3.01. The maximum absolute atomic E-state index is 4.69. The van der Waals surface area contributed by atoms with Crippen molar-refractivity contribution < 1.29 is 0 Å². The predicted molar refractivity (Wildman–Crippen MR) is 71.8 cm³/mol. The quantitative estimate of drug-likeness (QED) is 0.698. The topological polar surface area (TPSA) is 0 Å². The van der Waals surface area contributed by atoms with Gasteiger partial charge in [0.2, 0.25) is 0 Å². The van der Waals surface area contributed by atoms with E-state index >= 15 is 0 Å². The predicted octanol–water partition coefficient (Wildman–Crippen LogP) is 4.76. The number of hydrogen-bond donors (Lipinski definition) is 1. The smallest absolute Gasteiger partial charge is 0.0347 e. The van der Waals surface area contributed by atoms with E-state index in [1.807, 2.05) is 0 Å². The second-order valence-corrected chi connectivity index (χ2v) is 5.55. The van der Waals surface area contributed by atoms with Crippen LogP contribution >= 0.6 is 12.6 Å². The molecule has 0 bridgehead atoms. The SMILES string of the molecule is CCC(C)c1ccc([C@](C)(S)CC)cc1. The first-order valence-electron chi connectivity index (χ1n) is 5.84. The Bertz CT molecular complexity index is 298. The van der Waals surface area contributed by atoms with E-state index in [1.165, 1.54) is 17.5 Å². The van der Waals surface area contributed by atoms with Crippen molar-refractivity contribution in [3.05, 3.63) is 35.4 Å². The van der Waals surface area contributed by atoms with Gasteiger partial charge in [0.15, 0.2) is 0 Å². The van der Waals surface area contributed by atoms with Crippen molar-refractivity contribution in [3.8, 4) is 0 Å². The van der Waals surface area contributed by atoms with Crippen LogP contribution in [-0.4, -0.2) is 0 Å². The van der Waals surface area contributed by atoms with Crippen LogP contribution in [0.15, 0.2) is 24.3 Å². The van der Waals surface area contributed by atoms with Crippen LogP contribution in [0.5, 0.6) is 0 Å². The lowest BCUT2D eigenvalue weighted by atomic mass is 9.92. The summed E-state index contributed by atoms with van der Waals surface area (Å²) >= 11 is 4.69. The molecule has 0 saturated heterocycles. The standard InChI is InChI=1S/C14H22S/c1-5-11(3)12-7-9-13(10-8-12)14(4,15)6-2/h7-11,15H,5-6H2,1-4H3/t11?,14-/m1/s1. The average Bonchev–Trinajstić information content (AvgIpc) is 2.28. The zero-order chi connectivity index (χ0) is 11.5. The fourth-order valence-corrected chi connectivity index (χ4v) is 1.76. The summed E-state index contributed by atoms with van der Waals surface area (Å²) in [5.74, 6) is 0.659. The highest BCUT2D eigenvalue weighted by molar-refractivity contribution is 7.81. The van der Waals surface area contributed by atoms with Crippen LogP contribution in [0.1, 0.15) is 57.6 Å². The largest absolute Gasteiger partial charge is 0.168 e. The summed E-state index contributed by atoms with van der Waals surface area (Å²) in [5, 5.41) is 0. The molecule has 1 heteroatoms. The van der Waals surface area contributed by atoms with E-state index in [0.29, 0.717) is 5.92 Å². The van der Waals surface area contributed by atoms with Crippen molar-refractivity contribution >= 4 is 12.6 Å². The average molecular weight is 222 g/mol. The van der Waals surface area contributed by atoms with Gasteiger partial charge in [-0.1, -0.05) is 45.0 Å². The molecule has 15 heavy (non-hydrogen) atoms. The summed E-state index contributed by atoms with van der Waals surface area (Å²) in [7, 11) is 0. The molecule has 0 aliphatic carbocycles. The lowest BCUT2D eigenvalue weighted by Crippen LogP contribution is -2.11.